The molecule has 0 radical (unpaired) electrons. The zero-order valence-electron chi connectivity index (χ0n) is 13.8. The molecule has 1 aliphatic rings. The van der Waals surface area contributed by atoms with Crippen LogP contribution in [0.25, 0.3) is 0 Å². The van der Waals surface area contributed by atoms with Crippen molar-refractivity contribution in [2.75, 3.05) is 26.2 Å². The molecule has 0 saturated heterocycles. The van der Waals surface area contributed by atoms with Crippen molar-refractivity contribution in [3.05, 3.63) is 69.9 Å². The van der Waals surface area contributed by atoms with E-state index in [0.29, 0.717) is 25.3 Å². The third kappa shape index (κ3) is 4.78. The van der Waals surface area contributed by atoms with E-state index in [1.165, 1.54) is 0 Å². The van der Waals surface area contributed by atoms with Crippen LogP contribution in [0.2, 0.25) is 0 Å². The second-order valence-electron chi connectivity index (χ2n) is 5.72. The average molecular weight is 356 g/mol. The lowest BCUT2D eigenvalue weighted by Crippen LogP contribution is -2.34. The van der Waals surface area contributed by atoms with Crippen molar-refractivity contribution < 1.29 is 14.7 Å². The van der Waals surface area contributed by atoms with Crippen molar-refractivity contribution in [2.45, 2.75) is 6.42 Å². The normalized spacial score (nSPS) is 15.7. The van der Waals surface area contributed by atoms with Crippen LogP contribution in [0.3, 0.4) is 0 Å². The second-order valence-corrected chi connectivity index (χ2v) is 6.66. The Hall–Kier alpha value is -2.44. The van der Waals surface area contributed by atoms with E-state index in [4.69, 9.17) is 9.94 Å². The van der Waals surface area contributed by atoms with Gasteiger partial charge < -0.3 is 9.94 Å². The zero-order valence-corrected chi connectivity index (χ0v) is 14.6. The number of carboxylic acid groups (broad SMARTS) is 1. The maximum Gasteiger partial charge on any atom is 0.332 e. The summed E-state index contributed by atoms with van der Waals surface area (Å²) >= 11 is 1.62. The average Bonchev–Trinajstić information content (AvgIpc) is 3.17. The number of hydrogen-bond donors (Lipinski definition) is 1. The van der Waals surface area contributed by atoms with Crippen LogP contribution < -0.4 is 0 Å². The van der Waals surface area contributed by atoms with Gasteiger partial charge in [-0.25, -0.2) is 4.79 Å². The molecule has 1 aliphatic heterocycles. The SMILES string of the molecule is O=C(O)C1=CCCN(CCON=C(c2ccccc2)c2cccs2)C1. The zero-order chi connectivity index (χ0) is 17.5. The maximum atomic E-state index is 11.1. The Morgan fingerprint density at radius 2 is 2.08 bits per heavy atom. The Morgan fingerprint density at radius 1 is 1.24 bits per heavy atom. The molecule has 0 aliphatic carbocycles. The van der Waals surface area contributed by atoms with E-state index in [1.54, 1.807) is 17.4 Å². The molecule has 25 heavy (non-hydrogen) atoms. The smallest absolute Gasteiger partial charge is 0.332 e. The minimum absolute atomic E-state index is 0.425. The van der Waals surface area contributed by atoms with Gasteiger partial charge in [0.25, 0.3) is 0 Å². The number of thiophene rings is 1. The molecule has 2 heterocycles. The van der Waals surface area contributed by atoms with Gasteiger partial charge in [-0.05, 0) is 17.9 Å². The molecule has 0 saturated carbocycles. The minimum atomic E-state index is -0.840. The number of carboxylic acids is 1. The van der Waals surface area contributed by atoms with E-state index in [0.717, 1.165) is 29.1 Å². The van der Waals surface area contributed by atoms with Crippen LogP contribution in [0.15, 0.2) is 64.6 Å². The van der Waals surface area contributed by atoms with Gasteiger partial charge in [-0.1, -0.05) is 47.6 Å². The third-order valence-electron chi connectivity index (χ3n) is 3.96. The quantitative estimate of drug-likeness (QED) is 0.470. The topological polar surface area (TPSA) is 62.1 Å². The van der Waals surface area contributed by atoms with Crippen LogP contribution in [-0.4, -0.2) is 47.9 Å². The maximum absolute atomic E-state index is 11.1. The number of aliphatic carboxylic acids is 1. The molecule has 0 atom stereocenters. The van der Waals surface area contributed by atoms with E-state index in [-0.39, 0.29) is 0 Å². The van der Waals surface area contributed by atoms with Crippen molar-refractivity contribution in [3.63, 3.8) is 0 Å². The molecule has 0 amide bonds. The van der Waals surface area contributed by atoms with Crippen LogP contribution in [0, 0.1) is 0 Å². The number of rotatable bonds is 7. The lowest BCUT2D eigenvalue weighted by atomic mass is 10.1. The molecule has 1 N–H and O–H groups in total. The molecule has 0 fully saturated rings. The Morgan fingerprint density at radius 3 is 2.80 bits per heavy atom. The van der Waals surface area contributed by atoms with Crippen LogP contribution in [-0.2, 0) is 9.63 Å². The largest absolute Gasteiger partial charge is 0.478 e. The number of hydrogen-bond acceptors (Lipinski definition) is 5. The summed E-state index contributed by atoms with van der Waals surface area (Å²) in [7, 11) is 0. The van der Waals surface area contributed by atoms with Gasteiger partial charge in [-0.3, -0.25) is 4.90 Å². The highest BCUT2D eigenvalue weighted by atomic mass is 32.1. The van der Waals surface area contributed by atoms with Crippen molar-refractivity contribution in [1.29, 1.82) is 0 Å². The monoisotopic (exact) mass is 356 g/mol. The first kappa shape index (κ1) is 17.4. The summed E-state index contributed by atoms with van der Waals surface area (Å²) in [5.41, 5.74) is 2.29. The first-order valence-corrected chi connectivity index (χ1v) is 9.06. The summed E-state index contributed by atoms with van der Waals surface area (Å²) in [5, 5.41) is 15.4. The van der Waals surface area contributed by atoms with Gasteiger partial charge in [0, 0.05) is 30.8 Å². The van der Waals surface area contributed by atoms with E-state index >= 15 is 0 Å². The molecule has 0 bridgehead atoms. The number of benzene rings is 1. The molecular formula is C19H20N2O3S. The second kappa shape index (κ2) is 8.60. The highest BCUT2D eigenvalue weighted by Gasteiger charge is 2.17. The molecule has 130 valence electrons. The molecule has 6 heteroatoms. The summed E-state index contributed by atoms with van der Waals surface area (Å²) in [6.07, 6.45) is 2.55. The lowest BCUT2D eigenvalue weighted by molar-refractivity contribution is -0.133. The Kier molecular flexibility index (Phi) is 5.98. The fourth-order valence-corrected chi connectivity index (χ4v) is 3.41. The third-order valence-corrected chi connectivity index (χ3v) is 4.84. The standard InChI is InChI=1S/C19H20N2O3S/c22-19(23)16-8-4-10-21(14-16)11-12-24-20-18(17-9-5-13-25-17)15-6-2-1-3-7-15/h1-3,5-9,13H,4,10-12,14H2,(H,22,23). The van der Waals surface area contributed by atoms with E-state index in [9.17, 15) is 4.79 Å². The fourth-order valence-electron chi connectivity index (χ4n) is 2.68. The van der Waals surface area contributed by atoms with Crippen molar-refractivity contribution in [3.8, 4) is 0 Å². The molecule has 1 aromatic heterocycles. The Labute approximate surface area is 150 Å². The molecule has 3 rings (SSSR count). The highest BCUT2D eigenvalue weighted by Crippen LogP contribution is 2.16. The predicted molar refractivity (Wildman–Crippen MR) is 99.1 cm³/mol. The Balaban J connectivity index is 1.60. The van der Waals surface area contributed by atoms with Crippen LogP contribution in [0.5, 0.6) is 0 Å². The summed E-state index contributed by atoms with van der Waals surface area (Å²) in [5.74, 6) is -0.840. The van der Waals surface area contributed by atoms with Gasteiger partial charge in [-0.2, -0.15) is 0 Å². The van der Waals surface area contributed by atoms with E-state index in [1.807, 2.05) is 47.8 Å². The van der Waals surface area contributed by atoms with E-state index in [2.05, 4.69) is 10.1 Å². The molecule has 0 unspecified atom stereocenters. The van der Waals surface area contributed by atoms with Gasteiger partial charge in [0.15, 0.2) is 0 Å². The van der Waals surface area contributed by atoms with Crippen LogP contribution in [0.1, 0.15) is 16.9 Å². The number of nitrogens with zero attached hydrogens (tertiary/aromatic N) is 2. The van der Waals surface area contributed by atoms with Gasteiger partial charge in [0.2, 0.25) is 0 Å². The summed E-state index contributed by atoms with van der Waals surface area (Å²) in [4.78, 5) is 19.8. The predicted octanol–water partition coefficient (Wildman–Crippen LogP) is 3.23. The molecular weight excluding hydrogens is 336 g/mol. The van der Waals surface area contributed by atoms with Crippen LogP contribution >= 0.6 is 11.3 Å². The molecule has 5 nitrogen and oxygen atoms in total. The van der Waals surface area contributed by atoms with Crippen molar-refractivity contribution >= 4 is 23.0 Å². The molecule has 1 aromatic carbocycles. The van der Waals surface area contributed by atoms with Crippen molar-refractivity contribution in [1.82, 2.24) is 4.90 Å². The van der Waals surface area contributed by atoms with Crippen LogP contribution in [0.4, 0.5) is 0 Å². The first-order chi connectivity index (χ1) is 12.2. The first-order valence-electron chi connectivity index (χ1n) is 8.18. The van der Waals surface area contributed by atoms with Crippen molar-refractivity contribution in [2.24, 2.45) is 5.16 Å². The highest BCUT2D eigenvalue weighted by molar-refractivity contribution is 7.12. The minimum Gasteiger partial charge on any atom is -0.478 e. The number of oxime groups is 1. The van der Waals surface area contributed by atoms with Gasteiger partial charge in [0.05, 0.1) is 4.88 Å². The van der Waals surface area contributed by atoms with E-state index < -0.39 is 5.97 Å². The summed E-state index contributed by atoms with van der Waals surface area (Å²) < 4.78 is 0. The van der Waals surface area contributed by atoms with Gasteiger partial charge in [-0.15, -0.1) is 11.3 Å². The summed E-state index contributed by atoms with van der Waals surface area (Å²) in [6.45, 7) is 2.38. The van der Waals surface area contributed by atoms with Gasteiger partial charge >= 0.3 is 5.97 Å². The summed E-state index contributed by atoms with van der Waals surface area (Å²) in [6, 6.07) is 14.0. The lowest BCUT2D eigenvalue weighted by Gasteiger charge is -2.24. The molecule has 0 spiro atoms. The molecule has 2 aromatic rings. The Bertz CT molecular complexity index is 754. The van der Waals surface area contributed by atoms with Gasteiger partial charge in [0.1, 0.15) is 12.3 Å². The fraction of sp³-hybridized carbons (Fsp3) is 0.263. The number of carbonyl (C=O) groups is 1.